The fourth-order valence-corrected chi connectivity index (χ4v) is 2.99. The molecule has 3 heteroatoms. The summed E-state index contributed by atoms with van der Waals surface area (Å²) in [6, 6.07) is 16.9. The van der Waals surface area contributed by atoms with Crippen LogP contribution in [0.2, 0.25) is 0 Å². The number of hydrogen-bond acceptors (Lipinski definition) is 3. The summed E-state index contributed by atoms with van der Waals surface area (Å²) in [7, 11) is 0. The highest BCUT2D eigenvalue weighted by Gasteiger charge is 2.05. The number of nitrogens with two attached hydrogens (primary N) is 1. The van der Waals surface area contributed by atoms with Crippen molar-refractivity contribution in [2.75, 3.05) is 5.73 Å². The maximum atomic E-state index is 6.15. The molecule has 0 aliphatic heterocycles. The topological polar surface area (TPSA) is 51.8 Å². The van der Waals surface area contributed by atoms with Gasteiger partial charge >= 0.3 is 0 Å². The second kappa shape index (κ2) is 5.36. The molecule has 0 atom stereocenters. The van der Waals surface area contributed by atoms with Crippen molar-refractivity contribution in [1.29, 1.82) is 0 Å². The first kappa shape index (κ1) is 13.7. The van der Waals surface area contributed by atoms with Gasteiger partial charge in [0.2, 0.25) is 0 Å². The Morgan fingerprint density at radius 1 is 0.913 bits per heavy atom. The molecule has 0 amide bonds. The minimum atomic E-state index is 0.601. The van der Waals surface area contributed by atoms with Gasteiger partial charge in [0, 0.05) is 35.3 Å². The number of nitrogens with zero attached hydrogens (tertiary/aromatic N) is 2. The van der Waals surface area contributed by atoms with Crippen LogP contribution in [0.25, 0.3) is 21.5 Å². The second-order valence-electron chi connectivity index (χ2n) is 5.96. The monoisotopic (exact) mass is 299 g/mol. The molecular formula is C20H17N3. The van der Waals surface area contributed by atoms with Gasteiger partial charge in [-0.05, 0) is 47.5 Å². The van der Waals surface area contributed by atoms with E-state index in [-0.39, 0.29) is 0 Å². The van der Waals surface area contributed by atoms with Gasteiger partial charge in [-0.2, -0.15) is 0 Å². The SMILES string of the molecule is Cc1ccc2cc(Cc3ccc4ccncc4c3)nc(N)c2c1. The molecule has 2 heterocycles. The average molecular weight is 299 g/mol. The number of pyridine rings is 2. The lowest BCUT2D eigenvalue weighted by molar-refractivity contribution is 1.09. The minimum absolute atomic E-state index is 0.601. The fourth-order valence-electron chi connectivity index (χ4n) is 2.99. The molecule has 2 N–H and O–H groups in total. The first-order valence-corrected chi connectivity index (χ1v) is 7.67. The van der Waals surface area contributed by atoms with E-state index in [1.807, 2.05) is 18.5 Å². The highest BCUT2D eigenvalue weighted by molar-refractivity contribution is 5.91. The van der Waals surface area contributed by atoms with Gasteiger partial charge in [-0.15, -0.1) is 0 Å². The third kappa shape index (κ3) is 2.61. The number of benzene rings is 2. The quantitative estimate of drug-likeness (QED) is 0.601. The maximum Gasteiger partial charge on any atom is 0.131 e. The molecule has 112 valence electrons. The lowest BCUT2D eigenvalue weighted by Crippen LogP contribution is -1.99. The van der Waals surface area contributed by atoms with Crippen LogP contribution in [0.3, 0.4) is 0 Å². The average Bonchev–Trinajstić information content (AvgIpc) is 2.55. The van der Waals surface area contributed by atoms with Crippen LogP contribution in [-0.2, 0) is 6.42 Å². The number of aromatic nitrogens is 2. The van der Waals surface area contributed by atoms with E-state index < -0.39 is 0 Å². The Balaban J connectivity index is 1.75. The number of nitrogen functional groups attached to an aromatic ring is 1. The second-order valence-corrected chi connectivity index (χ2v) is 5.96. The summed E-state index contributed by atoms with van der Waals surface area (Å²) in [4.78, 5) is 8.77. The Labute approximate surface area is 134 Å². The lowest BCUT2D eigenvalue weighted by atomic mass is 10.0. The number of anilines is 1. The molecule has 0 saturated heterocycles. The van der Waals surface area contributed by atoms with Crippen molar-refractivity contribution in [3.8, 4) is 0 Å². The Hall–Kier alpha value is -2.94. The zero-order valence-corrected chi connectivity index (χ0v) is 13.0. The number of aryl methyl sites for hydroxylation is 1. The summed E-state index contributed by atoms with van der Waals surface area (Å²) in [5.41, 5.74) is 9.54. The lowest BCUT2D eigenvalue weighted by Gasteiger charge is -2.08. The van der Waals surface area contributed by atoms with Crippen molar-refractivity contribution in [2.24, 2.45) is 0 Å². The zero-order chi connectivity index (χ0) is 15.8. The van der Waals surface area contributed by atoms with Crippen LogP contribution in [0.1, 0.15) is 16.8 Å². The molecule has 0 bridgehead atoms. The Kier molecular flexibility index (Phi) is 3.19. The third-order valence-electron chi connectivity index (χ3n) is 4.16. The molecule has 3 nitrogen and oxygen atoms in total. The van der Waals surface area contributed by atoms with Crippen molar-refractivity contribution in [3.05, 3.63) is 77.7 Å². The van der Waals surface area contributed by atoms with Crippen LogP contribution in [0.4, 0.5) is 5.82 Å². The van der Waals surface area contributed by atoms with E-state index in [4.69, 9.17) is 5.73 Å². The van der Waals surface area contributed by atoms with E-state index in [2.05, 4.69) is 59.4 Å². The van der Waals surface area contributed by atoms with Crippen LogP contribution in [0.5, 0.6) is 0 Å². The van der Waals surface area contributed by atoms with Crippen molar-refractivity contribution in [1.82, 2.24) is 9.97 Å². The highest BCUT2D eigenvalue weighted by Crippen LogP contribution is 2.24. The van der Waals surface area contributed by atoms with Gasteiger partial charge in [-0.3, -0.25) is 4.98 Å². The van der Waals surface area contributed by atoms with Gasteiger partial charge in [0.05, 0.1) is 0 Å². The van der Waals surface area contributed by atoms with Gasteiger partial charge < -0.3 is 5.73 Å². The van der Waals surface area contributed by atoms with Crippen molar-refractivity contribution in [2.45, 2.75) is 13.3 Å². The normalized spacial score (nSPS) is 11.2. The number of rotatable bonds is 2. The molecule has 0 radical (unpaired) electrons. The zero-order valence-electron chi connectivity index (χ0n) is 13.0. The summed E-state index contributed by atoms with van der Waals surface area (Å²) in [5, 5.41) is 4.51. The maximum absolute atomic E-state index is 6.15. The molecule has 23 heavy (non-hydrogen) atoms. The number of hydrogen-bond donors (Lipinski definition) is 1. The first-order valence-electron chi connectivity index (χ1n) is 7.67. The van der Waals surface area contributed by atoms with Crippen LogP contribution < -0.4 is 5.73 Å². The van der Waals surface area contributed by atoms with Crippen LogP contribution in [-0.4, -0.2) is 9.97 Å². The Bertz CT molecular complexity index is 1020. The molecular weight excluding hydrogens is 282 g/mol. The van der Waals surface area contributed by atoms with Gasteiger partial charge in [-0.25, -0.2) is 4.98 Å². The van der Waals surface area contributed by atoms with Gasteiger partial charge in [-0.1, -0.05) is 29.8 Å². The third-order valence-corrected chi connectivity index (χ3v) is 4.16. The first-order chi connectivity index (χ1) is 11.2. The minimum Gasteiger partial charge on any atom is -0.383 e. The molecule has 0 fully saturated rings. The smallest absolute Gasteiger partial charge is 0.131 e. The Morgan fingerprint density at radius 3 is 2.70 bits per heavy atom. The summed E-state index contributed by atoms with van der Waals surface area (Å²) in [5.74, 6) is 0.601. The van der Waals surface area contributed by atoms with E-state index in [9.17, 15) is 0 Å². The molecule has 0 aliphatic carbocycles. The summed E-state index contributed by atoms with van der Waals surface area (Å²) >= 11 is 0. The van der Waals surface area contributed by atoms with Crippen molar-refractivity contribution >= 4 is 27.4 Å². The molecule has 4 aromatic rings. The van der Waals surface area contributed by atoms with Crippen molar-refractivity contribution < 1.29 is 0 Å². The van der Waals surface area contributed by atoms with Crippen LogP contribution in [0, 0.1) is 6.92 Å². The van der Waals surface area contributed by atoms with Crippen LogP contribution >= 0.6 is 0 Å². The molecule has 0 saturated carbocycles. The summed E-state index contributed by atoms with van der Waals surface area (Å²) in [6.07, 6.45) is 4.47. The van der Waals surface area contributed by atoms with Gasteiger partial charge in [0.1, 0.15) is 5.82 Å². The Morgan fingerprint density at radius 2 is 1.78 bits per heavy atom. The molecule has 4 rings (SSSR count). The molecule has 2 aromatic carbocycles. The van der Waals surface area contributed by atoms with Crippen molar-refractivity contribution in [3.63, 3.8) is 0 Å². The molecule has 2 aromatic heterocycles. The largest absolute Gasteiger partial charge is 0.383 e. The van der Waals surface area contributed by atoms with E-state index in [1.165, 1.54) is 16.5 Å². The molecule has 0 spiro atoms. The fraction of sp³-hybridized carbons (Fsp3) is 0.100. The van der Waals surface area contributed by atoms with E-state index >= 15 is 0 Å². The highest BCUT2D eigenvalue weighted by atomic mass is 14.8. The summed E-state index contributed by atoms with van der Waals surface area (Å²) < 4.78 is 0. The van der Waals surface area contributed by atoms with E-state index in [0.717, 1.165) is 28.3 Å². The van der Waals surface area contributed by atoms with E-state index in [1.54, 1.807) is 0 Å². The molecule has 0 aliphatic rings. The summed E-state index contributed by atoms with van der Waals surface area (Å²) in [6.45, 7) is 2.07. The predicted molar refractivity (Wildman–Crippen MR) is 95.4 cm³/mol. The number of fused-ring (bicyclic) bond motifs is 2. The predicted octanol–water partition coefficient (Wildman–Crippen LogP) is 4.26. The standard InChI is InChI=1S/C20H17N3/c1-13-2-4-16-11-18(23-20(21)19(16)8-13)10-14-3-5-15-6-7-22-12-17(15)9-14/h2-9,11-12H,10H2,1H3,(H2,21,23). The van der Waals surface area contributed by atoms with E-state index in [0.29, 0.717) is 5.82 Å². The van der Waals surface area contributed by atoms with Gasteiger partial charge in [0.25, 0.3) is 0 Å². The van der Waals surface area contributed by atoms with Gasteiger partial charge in [0.15, 0.2) is 0 Å². The van der Waals surface area contributed by atoms with Crippen LogP contribution in [0.15, 0.2) is 60.9 Å². The molecule has 0 unspecified atom stereocenters.